The van der Waals surface area contributed by atoms with Crippen molar-refractivity contribution in [2.75, 3.05) is 13.2 Å². The molecule has 0 N–H and O–H groups in total. The molecule has 1 aromatic heterocycles. The molecule has 0 amide bonds. The molecule has 1 aromatic rings. The number of hydrogen-bond donors (Lipinski definition) is 0. The molecule has 1 atom stereocenters. The Hall–Kier alpha value is -1.20. The van der Waals surface area contributed by atoms with Crippen LogP contribution in [0, 0.1) is 0 Å². The van der Waals surface area contributed by atoms with E-state index in [0.29, 0.717) is 19.1 Å². The van der Waals surface area contributed by atoms with Crippen LogP contribution in [-0.2, 0) is 9.47 Å². The molecule has 2 heterocycles. The summed E-state index contributed by atoms with van der Waals surface area (Å²) < 4.78 is 16.4. The molecule has 2 rings (SSSR count). The summed E-state index contributed by atoms with van der Waals surface area (Å²) in [4.78, 5) is 7.75. The monoisotopic (exact) mass is 210 g/mol. The smallest absolute Gasteiger partial charge is 0.216 e. The lowest BCUT2D eigenvalue weighted by molar-refractivity contribution is -0.141. The quantitative estimate of drug-likeness (QED) is 0.745. The molecule has 1 saturated heterocycles. The summed E-state index contributed by atoms with van der Waals surface area (Å²) in [5, 5.41) is 0. The van der Waals surface area contributed by atoms with Crippen molar-refractivity contribution in [3.63, 3.8) is 0 Å². The van der Waals surface area contributed by atoms with Gasteiger partial charge in [-0.1, -0.05) is 0 Å². The minimum Gasteiger partial charge on any atom is -0.475 e. The number of ether oxygens (including phenoxy) is 3. The zero-order valence-electron chi connectivity index (χ0n) is 8.84. The van der Waals surface area contributed by atoms with Crippen molar-refractivity contribution in [1.29, 1.82) is 0 Å². The van der Waals surface area contributed by atoms with Gasteiger partial charge in [0, 0.05) is 12.3 Å². The Morgan fingerprint density at radius 1 is 1.60 bits per heavy atom. The molecule has 0 bridgehead atoms. The van der Waals surface area contributed by atoms with Crippen molar-refractivity contribution >= 4 is 0 Å². The maximum absolute atomic E-state index is 5.58. The lowest BCUT2D eigenvalue weighted by Crippen LogP contribution is -2.25. The molecule has 0 aromatic carbocycles. The van der Waals surface area contributed by atoms with E-state index in [4.69, 9.17) is 14.2 Å². The molecule has 1 fully saturated rings. The second-order valence-electron chi connectivity index (χ2n) is 3.81. The summed E-state index contributed by atoms with van der Waals surface area (Å²) >= 11 is 0. The normalized spacial score (nSPS) is 24.0. The molecule has 0 spiro atoms. The highest BCUT2D eigenvalue weighted by Crippen LogP contribution is 2.22. The molecule has 5 nitrogen and oxygen atoms in total. The average molecular weight is 210 g/mol. The van der Waals surface area contributed by atoms with Crippen molar-refractivity contribution in [1.82, 2.24) is 9.97 Å². The van der Waals surface area contributed by atoms with E-state index in [1.807, 2.05) is 13.8 Å². The summed E-state index contributed by atoms with van der Waals surface area (Å²) in [7, 11) is 0. The SMILES string of the molecule is CC1(C)OC[C@@H](COc2ccncn2)O1. The van der Waals surface area contributed by atoms with E-state index < -0.39 is 5.79 Å². The van der Waals surface area contributed by atoms with Crippen LogP contribution in [0.2, 0.25) is 0 Å². The lowest BCUT2D eigenvalue weighted by Gasteiger charge is -2.17. The van der Waals surface area contributed by atoms with E-state index in [0.717, 1.165) is 0 Å². The van der Waals surface area contributed by atoms with Crippen LogP contribution < -0.4 is 4.74 Å². The standard InChI is InChI=1S/C10H14N2O3/c1-10(2)14-6-8(15-10)5-13-9-3-4-11-7-12-9/h3-4,7-8H,5-6H2,1-2H3/t8-/m1/s1. The van der Waals surface area contributed by atoms with Crippen molar-refractivity contribution in [2.45, 2.75) is 25.7 Å². The van der Waals surface area contributed by atoms with Gasteiger partial charge in [-0.25, -0.2) is 9.97 Å². The van der Waals surface area contributed by atoms with Gasteiger partial charge in [-0.3, -0.25) is 0 Å². The third kappa shape index (κ3) is 2.87. The van der Waals surface area contributed by atoms with Gasteiger partial charge >= 0.3 is 0 Å². The molecule has 0 radical (unpaired) electrons. The van der Waals surface area contributed by atoms with Crippen LogP contribution in [0.4, 0.5) is 0 Å². The first kappa shape index (κ1) is 10.3. The Kier molecular flexibility index (Phi) is 2.83. The van der Waals surface area contributed by atoms with E-state index in [1.54, 1.807) is 12.3 Å². The summed E-state index contributed by atoms with van der Waals surface area (Å²) in [6.45, 7) is 4.77. The Bertz CT molecular complexity index is 316. The Balaban J connectivity index is 1.80. The molecule has 0 aliphatic carbocycles. The first-order valence-corrected chi connectivity index (χ1v) is 4.86. The van der Waals surface area contributed by atoms with Gasteiger partial charge in [-0.15, -0.1) is 0 Å². The molecule has 0 unspecified atom stereocenters. The van der Waals surface area contributed by atoms with Crippen LogP contribution in [0.3, 0.4) is 0 Å². The fraction of sp³-hybridized carbons (Fsp3) is 0.600. The van der Waals surface area contributed by atoms with Crippen LogP contribution in [0.5, 0.6) is 5.88 Å². The molecule has 15 heavy (non-hydrogen) atoms. The summed E-state index contributed by atoms with van der Waals surface area (Å²) in [6, 6.07) is 1.71. The molecule has 5 heteroatoms. The minimum absolute atomic E-state index is 0.0324. The first-order chi connectivity index (χ1) is 7.16. The average Bonchev–Trinajstić information content (AvgIpc) is 2.57. The second kappa shape index (κ2) is 4.12. The van der Waals surface area contributed by atoms with Crippen LogP contribution in [-0.4, -0.2) is 35.1 Å². The molecule has 1 aliphatic heterocycles. The number of aromatic nitrogens is 2. The largest absolute Gasteiger partial charge is 0.475 e. The predicted molar refractivity (Wildman–Crippen MR) is 52.4 cm³/mol. The van der Waals surface area contributed by atoms with Crippen LogP contribution in [0.25, 0.3) is 0 Å². The highest BCUT2D eigenvalue weighted by atomic mass is 16.7. The fourth-order valence-electron chi connectivity index (χ4n) is 1.39. The summed E-state index contributed by atoms with van der Waals surface area (Å²) in [5.41, 5.74) is 0. The molecular formula is C10H14N2O3. The third-order valence-corrected chi connectivity index (χ3v) is 2.04. The maximum atomic E-state index is 5.58. The van der Waals surface area contributed by atoms with Crippen molar-refractivity contribution in [3.05, 3.63) is 18.6 Å². The van der Waals surface area contributed by atoms with Crippen molar-refractivity contribution in [3.8, 4) is 5.88 Å². The van der Waals surface area contributed by atoms with Gasteiger partial charge in [0.05, 0.1) is 6.61 Å². The molecule has 1 aliphatic rings. The topological polar surface area (TPSA) is 53.5 Å². The maximum Gasteiger partial charge on any atom is 0.216 e. The Morgan fingerprint density at radius 2 is 2.47 bits per heavy atom. The van der Waals surface area contributed by atoms with Crippen molar-refractivity contribution in [2.24, 2.45) is 0 Å². The highest BCUT2D eigenvalue weighted by molar-refractivity contribution is 5.04. The number of hydrogen-bond acceptors (Lipinski definition) is 5. The van der Waals surface area contributed by atoms with Gasteiger partial charge in [0.1, 0.15) is 19.0 Å². The third-order valence-electron chi connectivity index (χ3n) is 2.04. The predicted octanol–water partition coefficient (Wildman–Crippen LogP) is 1.01. The number of rotatable bonds is 3. The van der Waals surface area contributed by atoms with Gasteiger partial charge in [0.2, 0.25) is 5.88 Å². The minimum atomic E-state index is -0.500. The lowest BCUT2D eigenvalue weighted by atomic mass is 10.4. The van der Waals surface area contributed by atoms with Crippen LogP contribution in [0.1, 0.15) is 13.8 Å². The van der Waals surface area contributed by atoms with E-state index in [9.17, 15) is 0 Å². The zero-order chi connectivity index (χ0) is 10.7. The van der Waals surface area contributed by atoms with Gasteiger partial charge in [0.25, 0.3) is 0 Å². The summed E-state index contributed by atoms with van der Waals surface area (Å²) in [5.74, 6) is 0.0537. The van der Waals surface area contributed by atoms with E-state index >= 15 is 0 Å². The summed E-state index contributed by atoms with van der Waals surface area (Å²) in [6.07, 6.45) is 3.05. The molecule has 82 valence electrons. The van der Waals surface area contributed by atoms with E-state index in [1.165, 1.54) is 6.33 Å². The highest BCUT2D eigenvalue weighted by Gasteiger charge is 2.32. The Morgan fingerprint density at radius 3 is 3.07 bits per heavy atom. The number of nitrogens with zero attached hydrogens (tertiary/aromatic N) is 2. The van der Waals surface area contributed by atoms with E-state index in [-0.39, 0.29) is 6.10 Å². The molecular weight excluding hydrogens is 196 g/mol. The van der Waals surface area contributed by atoms with Gasteiger partial charge in [-0.2, -0.15) is 0 Å². The van der Waals surface area contributed by atoms with Gasteiger partial charge in [0.15, 0.2) is 5.79 Å². The van der Waals surface area contributed by atoms with Crippen LogP contribution in [0.15, 0.2) is 18.6 Å². The first-order valence-electron chi connectivity index (χ1n) is 4.86. The molecule has 0 saturated carbocycles. The van der Waals surface area contributed by atoms with E-state index in [2.05, 4.69) is 9.97 Å². The fourth-order valence-corrected chi connectivity index (χ4v) is 1.39. The van der Waals surface area contributed by atoms with Crippen molar-refractivity contribution < 1.29 is 14.2 Å². The van der Waals surface area contributed by atoms with Gasteiger partial charge < -0.3 is 14.2 Å². The second-order valence-corrected chi connectivity index (χ2v) is 3.81. The van der Waals surface area contributed by atoms with Gasteiger partial charge in [-0.05, 0) is 13.8 Å². The van der Waals surface area contributed by atoms with Crippen LogP contribution >= 0.6 is 0 Å². The Labute approximate surface area is 88.4 Å². The zero-order valence-corrected chi connectivity index (χ0v) is 8.84.